The van der Waals surface area contributed by atoms with Gasteiger partial charge in [0.25, 0.3) is 0 Å². The van der Waals surface area contributed by atoms with Gasteiger partial charge in [0, 0.05) is 5.25 Å². The van der Waals surface area contributed by atoms with E-state index in [4.69, 9.17) is 11.6 Å². The molecule has 0 radical (unpaired) electrons. The second kappa shape index (κ2) is 5.12. The van der Waals surface area contributed by atoms with Gasteiger partial charge < -0.3 is 0 Å². The predicted octanol–water partition coefficient (Wildman–Crippen LogP) is 4.18. The molecule has 1 unspecified atom stereocenters. The Morgan fingerprint density at radius 3 is 2.94 bits per heavy atom. The van der Waals surface area contributed by atoms with Gasteiger partial charge in [0.15, 0.2) is 4.34 Å². The lowest BCUT2D eigenvalue weighted by molar-refractivity contribution is 0.627. The molecule has 2 aromatic rings. The molecule has 1 aromatic carbocycles. The number of hydrogen-bond donors (Lipinski definition) is 0. The Hall–Kier alpha value is -0.650. The number of hydrogen-bond acceptors (Lipinski definition) is 4. The predicted molar refractivity (Wildman–Crippen MR) is 65.6 cm³/mol. The van der Waals surface area contributed by atoms with E-state index in [0.717, 1.165) is 9.90 Å². The standard InChI is InChI=1S/C10H8ClFN2S2/c1-6(16-10-14-13-5-15-10)7-2-3-9(12)8(11)4-7/h2-6H,1H3. The van der Waals surface area contributed by atoms with Gasteiger partial charge in [-0.05, 0) is 24.6 Å². The smallest absolute Gasteiger partial charge is 0.174 e. The second-order valence-electron chi connectivity index (χ2n) is 3.14. The number of halogens is 2. The zero-order valence-corrected chi connectivity index (χ0v) is 10.7. The SMILES string of the molecule is CC(Sc1nncs1)c1ccc(F)c(Cl)c1. The molecule has 0 spiro atoms. The summed E-state index contributed by atoms with van der Waals surface area (Å²) in [5, 5.41) is 8.04. The maximum Gasteiger partial charge on any atom is 0.174 e. The first-order valence-electron chi connectivity index (χ1n) is 4.54. The Labute approximate surface area is 106 Å². The van der Waals surface area contributed by atoms with Crippen LogP contribution in [-0.4, -0.2) is 10.2 Å². The molecule has 1 atom stereocenters. The van der Waals surface area contributed by atoms with Crippen molar-refractivity contribution < 1.29 is 4.39 Å². The summed E-state index contributed by atoms with van der Waals surface area (Å²) < 4.78 is 13.9. The van der Waals surface area contributed by atoms with E-state index in [1.54, 1.807) is 29.4 Å². The fourth-order valence-electron chi connectivity index (χ4n) is 1.20. The van der Waals surface area contributed by atoms with Crippen LogP contribution in [0.5, 0.6) is 0 Å². The third-order valence-corrected chi connectivity index (χ3v) is 4.29. The minimum Gasteiger partial charge on any atom is -0.205 e. The lowest BCUT2D eigenvalue weighted by Gasteiger charge is -2.09. The monoisotopic (exact) mass is 274 g/mol. The van der Waals surface area contributed by atoms with Crippen LogP contribution < -0.4 is 0 Å². The summed E-state index contributed by atoms with van der Waals surface area (Å²) in [5.41, 5.74) is 2.67. The maximum absolute atomic E-state index is 13.0. The van der Waals surface area contributed by atoms with E-state index in [1.807, 2.05) is 6.92 Å². The average Bonchev–Trinajstić information content (AvgIpc) is 2.74. The van der Waals surface area contributed by atoms with Crippen molar-refractivity contribution in [2.45, 2.75) is 16.5 Å². The molecule has 16 heavy (non-hydrogen) atoms. The first-order valence-corrected chi connectivity index (χ1v) is 6.68. The Morgan fingerprint density at radius 2 is 2.31 bits per heavy atom. The Kier molecular flexibility index (Phi) is 3.78. The van der Waals surface area contributed by atoms with Crippen LogP contribution in [0.1, 0.15) is 17.7 Å². The number of aromatic nitrogens is 2. The van der Waals surface area contributed by atoms with Gasteiger partial charge in [0.2, 0.25) is 0 Å². The third kappa shape index (κ3) is 2.72. The Morgan fingerprint density at radius 1 is 1.50 bits per heavy atom. The van der Waals surface area contributed by atoms with Crippen molar-refractivity contribution in [3.8, 4) is 0 Å². The Bertz CT molecular complexity index is 476. The molecule has 0 fully saturated rings. The number of nitrogens with zero attached hydrogens (tertiary/aromatic N) is 2. The number of thioether (sulfide) groups is 1. The van der Waals surface area contributed by atoms with Crippen molar-refractivity contribution >= 4 is 34.7 Å². The topological polar surface area (TPSA) is 25.8 Å². The second-order valence-corrected chi connectivity index (χ2v) is 5.97. The molecule has 0 aliphatic carbocycles. The third-order valence-electron chi connectivity index (χ3n) is 2.03. The van der Waals surface area contributed by atoms with Gasteiger partial charge in [-0.3, -0.25) is 0 Å². The molecule has 0 saturated carbocycles. The van der Waals surface area contributed by atoms with Crippen LogP contribution in [0.3, 0.4) is 0 Å². The van der Waals surface area contributed by atoms with E-state index in [-0.39, 0.29) is 10.3 Å². The van der Waals surface area contributed by atoms with Crippen molar-refractivity contribution in [1.82, 2.24) is 10.2 Å². The Balaban J connectivity index is 2.14. The zero-order valence-electron chi connectivity index (χ0n) is 8.35. The first-order chi connectivity index (χ1) is 7.66. The van der Waals surface area contributed by atoms with Gasteiger partial charge in [-0.15, -0.1) is 10.2 Å². The molecule has 2 nitrogen and oxygen atoms in total. The van der Waals surface area contributed by atoms with Crippen molar-refractivity contribution in [1.29, 1.82) is 0 Å². The van der Waals surface area contributed by atoms with Crippen LogP contribution in [0, 0.1) is 5.82 Å². The summed E-state index contributed by atoms with van der Waals surface area (Å²) in [5.74, 6) is -0.390. The normalized spacial score (nSPS) is 12.7. The van der Waals surface area contributed by atoms with E-state index in [0.29, 0.717) is 0 Å². The van der Waals surface area contributed by atoms with Gasteiger partial charge in [0.05, 0.1) is 5.02 Å². The maximum atomic E-state index is 13.0. The van der Waals surface area contributed by atoms with Gasteiger partial charge in [-0.25, -0.2) is 4.39 Å². The largest absolute Gasteiger partial charge is 0.205 e. The molecule has 2 rings (SSSR count). The van der Waals surface area contributed by atoms with Crippen LogP contribution in [-0.2, 0) is 0 Å². The highest BCUT2D eigenvalue weighted by Crippen LogP contribution is 2.36. The summed E-state index contributed by atoms with van der Waals surface area (Å²) >= 11 is 8.80. The average molecular weight is 275 g/mol. The van der Waals surface area contributed by atoms with Crippen molar-refractivity contribution in [3.63, 3.8) is 0 Å². The summed E-state index contributed by atoms with van der Waals surface area (Å²) in [4.78, 5) is 0. The molecule has 0 aliphatic rings. The van der Waals surface area contributed by atoms with Crippen LogP contribution >= 0.6 is 34.7 Å². The van der Waals surface area contributed by atoms with E-state index < -0.39 is 5.82 Å². The van der Waals surface area contributed by atoms with E-state index in [2.05, 4.69) is 10.2 Å². The summed E-state index contributed by atoms with van der Waals surface area (Å²) in [6.45, 7) is 2.02. The van der Waals surface area contributed by atoms with Crippen LogP contribution in [0.25, 0.3) is 0 Å². The highest BCUT2D eigenvalue weighted by atomic mass is 35.5. The van der Waals surface area contributed by atoms with Crippen LogP contribution in [0.4, 0.5) is 4.39 Å². The number of rotatable bonds is 3. The van der Waals surface area contributed by atoms with Gasteiger partial charge in [-0.2, -0.15) is 0 Å². The van der Waals surface area contributed by atoms with Crippen molar-refractivity contribution in [3.05, 3.63) is 40.1 Å². The molecule has 6 heteroatoms. The van der Waals surface area contributed by atoms with Crippen molar-refractivity contribution in [2.24, 2.45) is 0 Å². The molecule has 1 aromatic heterocycles. The van der Waals surface area contributed by atoms with Gasteiger partial charge in [0.1, 0.15) is 11.3 Å². The molecule has 0 amide bonds. The number of benzene rings is 1. The van der Waals surface area contributed by atoms with Crippen molar-refractivity contribution in [2.75, 3.05) is 0 Å². The summed E-state index contributed by atoms with van der Waals surface area (Å²) in [6, 6.07) is 4.77. The first kappa shape index (κ1) is 11.8. The summed E-state index contributed by atoms with van der Waals surface area (Å²) in [7, 11) is 0. The molecule has 1 heterocycles. The quantitative estimate of drug-likeness (QED) is 0.785. The highest BCUT2D eigenvalue weighted by molar-refractivity contribution is 8.01. The summed E-state index contributed by atoms with van der Waals surface area (Å²) in [6.07, 6.45) is 0. The fraction of sp³-hybridized carbons (Fsp3) is 0.200. The molecule has 0 saturated heterocycles. The lowest BCUT2D eigenvalue weighted by atomic mass is 10.2. The van der Waals surface area contributed by atoms with Gasteiger partial charge in [-0.1, -0.05) is 40.8 Å². The molecule has 0 aliphatic heterocycles. The molecule has 0 N–H and O–H groups in total. The molecular weight excluding hydrogens is 267 g/mol. The van der Waals surface area contributed by atoms with Gasteiger partial charge >= 0.3 is 0 Å². The molecule has 0 bridgehead atoms. The minimum atomic E-state index is -0.390. The highest BCUT2D eigenvalue weighted by Gasteiger charge is 2.11. The van der Waals surface area contributed by atoms with Crippen LogP contribution in [0.15, 0.2) is 28.0 Å². The van der Waals surface area contributed by atoms with E-state index in [1.165, 1.54) is 17.4 Å². The molecular formula is C10H8ClFN2S2. The van der Waals surface area contributed by atoms with Crippen LogP contribution in [0.2, 0.25) is 5.02 Å². The van der Waals surface area contributed by atoms with E-state index >= 15 is 0 Å². The lowest BCUT2D eigenvalue weighted by Crippen LogP contribution is -1.89. The minimum absolute atomic E-state index is 0.155. The van der Waals surface area contributed by atoms with E-state index in [9.17, 15) is 4.39 Å². The fourth-order valence-corrected chi connectivity index (χ4v) is 3.13. The zero-order chi connectivity index (χ0) is 11.5. The molecule has 84 valence electrons.